The number of aromatic nitrogens is 2. The Bertz CT molecular complexity index is 906. The highest BCUT2D eigenvalue weighted by atomic mass is 16.5. The number of rotatable bonds is 18. The van der Waals surface area contributed by atoms with E-state index in [1.54, 1.807) is 0 Å². The first-order valence-corrected chi connectivity index (χ1v) is 13.4. The Morgan fingerprint density at radius 2 is 1.62 bits per heavy atom. The van der Waals surface area contributed by atoms with Gasteiger partial charge in [-0.3, -0.25) is 0 Å². The zero-order valence-corrected chi connectivity index (χ0v) is 21.0. The summed E-state index contributed by atoms with van der Waals surface area (Å²) in [7, 11) is 0. The molecule has 3 heterocycles. The molecule has 0 amide bonds. The Labute approximate surface area is 205 Å². The van der Waals surface area contributed by atoms with Gasteiger partial charge in [0.25, 0.3) is 0 Å². The topological polar surface area (TPSA) is 73.4 Å². The van der Waals surface area contributed by atoms with E-state index in [2.05, 4.69) is 35.1 Å². The maximum Gasteiger partial charge on any atom is 0.147 e. The molecular formula is C29H43N3O2. The predicted octanol–water partition coefficient (Wildman–Crippen LogP) is 7.32. The van der Waals surface area contributed by atoms with E-state index >= 15 is 0 Å². The van der Waals surface area contributed by atoms with E-state index in [0.29, 0.717) is 13.2 Å². The molecule has 1 aliphatic rings. The van der Waals surface area contributed by atoms with E-state index in [0.717, 1.165) is 47.8 Å². The highest BCUT2D eigenvalue weighted by Gasteiger charge is 2.18. The van der Waals surface area contributed by atoms with Crippen molar-refractivity contribution >= 4 is 11.8 Å². The van der Waals surface area contributed by atoms with E-state index in [-0.39, 0.29) is 0 Å². The first-order valence-electron chi connectivity index (χ1n) is 13.4. The van der Waals surface area contributed by atoms with Gasteiger partial charge < -0.3 is 19.8 Å². The zero-order valence-electron chi connectivity index (χ0n) is 21.0. The largest absolute Gasteiger partial charge is 0.491 e. The third-order valence-electron chi connectivity index (χ3n) is 6.26. The van der Waals surface area contributed by atoms with Crippen LogP contribution in [0.2, 0.25) is 0 Å². The first-order chi connectivity index (χ1) is 16.8. The molecule has 0 saturated heterocycles. The van der Waals surface area contributed by atoms with Gasteiger partial charge in [0, 0.05) is 30.3 Å². The standard InChI is InChI=1S/C29H43N3O2/c1-2-21-34-29-23-27(26-16-14-19-30-26)32-28(29)22-25-18-17-24(31-25)15-12-10-8-6-4-3-5-7-9-11-13-20-33/h14,16-19,22-23,30-31,33H,2-13,15,20-21H2,1H3. The molecule has 0 unspecified atom stereocenters. The van der Waals surface area contributed by atoms with Crippen molar-refractivity contribution in [1.82, 2.24) is 9.97 Å². The van der Waals surface area contributed by atoms with Crippen molar-refractivity contribution in [2.75, 3.05) is 13.2 Å². The van der Waals surface area contributed by atoms with Crippen LogP contribution in [-0.2, 0) is 11.2 Å². The summed E-state index contributed by atoms with van der Waals surface area (Å²) >= 11 is 0. The van der Waals surface area contributed by atoms with Gasteiger partial charge in [0.05, 0.1) is 18.0 Å². The molecule has 2 aromatic heterocycles. The number of aliphatic hydroxyl groups is 1. The highest BCUT2D eigenvalue weighted by molar-refractivity contribution is 6.11. The van der Waals surface area contributed by atoms with Crippen LogP contribution in [0.15, 0.2) is 53.0 Å². The summed E-state index contributed by atoms with van der Waals surface area (Å²) in [6.45, 7) is 3.15. The molecule has 34 heavy (non-hydrogen) atoms. The fourth-order valence-electron chi connectivity index (χ4n) is 4.33. The van der Waals surface area contributed by atoms with Crippen LogP contribution < -0.4 is 0 Å². The molecule has 5 heteroatoms. The summed E-state index contributed by atoms with van der Waals surface area (Å²) in [4.78, 5) is 11.6. The molecule has 0 aromatic carbocycles. The van der Waals surface area contributed by atoms with Crippen LogP contribution in [0, 0.1) is 0 Å². The van der Waals surface area contributed by atoms with Crippen molar-refractivity contribution in [2.24, 2.45) is 4.99 Å². The van der Waals surface area contributed by atoms with Gasteiger partial charge in [0.15, 0.2) is 0 Å². The molecule has 1 aliphatic heterocycles. The number of hydrogen-bond acceptors (Lipinski definition) is 3. The van der Waals surface area contributed by atoms with Gasteiger partial charge in [-0.15, -0.1) is 0 Å². The third kappa shape index (κ3) is 9.02. The lowest BCUT2D eigenvalue weighted by molar-refractivity contribution is 0.222. The van der Waals surface area contributed by atoms with E-state index in [1.807, 2.05) is 24.4 Å². The Kier molecular flexibility index (Phi) is 11.8. The second-order valence-electron chi connectivity index (χ2n) is 9.27. The number of unbranched alkanes of at least 4 members (excludes halogenated alkanes) is 10. The monoisotopic (exact) mass is 465 g/mol. The van der Waals surface area contributed by atoms with Gasteiger partial charge in [-0.25, -0.2) is 4.99 Å². The van der Waals surface area contributed by atoms with Crippen molar-refractivity contribution in [3.8, 4) is 0 Å². The van der Waals surface area contributed by atoms with Crippen LogP contribution in [0.4, 0.5) is 0 Å². The first kappa shape index (κ1) is 26.1. The van der Waals surface area contributed by atoms with Gasteiger partial charge in [0.1, 0.15) is 11.5 Å². The fraction of sp³-hybridized carbons (Fsp3) is 0.552. The van der Waals surface area contributed by atoms with Gasteiger partial charge >= 0.3 is 0 Å². The maximum absolute atomic E-state index is 8.80. The van der Waals surface area contributed by atoms with E-state index in [4.69, 9.17) is 14.8 Å². The molecule has 2 aromatic rings. The normalized spacial score (nSPS) is 14.6. The second kappa shape index (κ2) is 15.4. The number of nitrogens with one attached hydrogen (secondary N) is 2. The third-order valence-corrected chi connectivity index (χ3v) is 6.26. The quantitative estimate of drug-likeness (QED) is 0.202. The van der Waals surface area contributed by atoms with Crippen molar-refractivity contribution in [2.45, 2.75) is 90.4 Å². The fourth-order valence-corrected chi connectivity index (χ4v) is 4.33. The molecule has 0 fully saturated rings. The van der Waals surface area contributed by atoms with Gasteiger partial charge in [-0.1, -0.05) is 64.7 Å². The van der Waals surface area contributed by atoms with Crippen LogP contribution >= 0.6 is 0 Å². The van der Waals surface area contributed by atoms with Crippen molar-refractivity contribution < 1.29 is 9.84 Å². The molecule has 3 rings (SSSR count). The lowest BCUT2D eigenvalue weighted by Gasteiger charge is -2.05. The molecule has 0 radical (unpaired) electrons. The maximum atomic E-state index is 8.80. The zero-order chi connectivity index (χ0) is 23.8. The number of hydrogen-bond donors (Lipinski definition) is 3. The average Bonchev–Trinajstić information content (AvgIpc) is 3.60. The number of allylic oxidation sites excluding steroid dienone is 1. The number of H-pyrrole nitrogens is 2. The van der Waals surface area contributed by atoms with Crippen LogP contribution in [0.3, 0.4) is 0 Å². The second-order valence-corrected chi connectivity index (χ2v) is 9.27. The molecule has 5 nitrogen and oxygen atoms in total. The van der Waals surface area contributed by atoms with Crippen molar-refractivity contribution in [3.63, 3.8) is 0 Å². The molecule has 0 atom stereocenters. The summed E-state index contributed by atoms with van der Waals surface area (Å²) in [5.74, 6) is 0.841. The number of ether oxygens (including phenoxy) is 1. The average molecular weight is 466 g/mol. The summed E-state index contributed by atoms with van der Waals surface area (Å²) in [6, 6.07) is 8.36. The van der Waals surface area contributed by atoms with E-state index in [1.165, 1.54) is 69.9 Å². The Balaban J connectivity index is 1.37. The summed E-state index contributed by atoms with van der Waals surface area (Å²) in [5.41, 5.74) is 5.16. The van der Waals surface area contributed by atoms with E-state index in [9.17, 15) is 0 Å². The Morgan fingerprint density at radius 3 is 2.26 bits per heavy atom. The summed E-state index contributed by atoms with van der Waals surface area (Å²) in [5, 5.41) is 8.80. The number of aliphatic imine (C=N–C) groups is 1. The van der Waals surface area contributed by atoms with Crippen molar-refractivity contribution in [1.29, 1.82) is 0 Å². The minimum absolute atomic E-state index is 0.345. The van der Waals surface area contributed by atoms with Gasteiger partial charge in [-0.05, 0) is 56.0 Å². The molecular weight excluding hydrogens is 422 g/mol. The number of nitrogens with zero attached hydrogens (tertiary/aromatic N) is 1. The lowest BCUT2D eigenvalue weighted by Crippen LogP contribution is -1.95. The minimum atomic E-state index is 0.345. The molecule has 186 valence electrons. The van der Waals surface area contributed by atoms with Gasteiger partial charge in [-0.2, -0.15) is 0 Å². The molecule has 0 bridgehead atoms. The smallest absolute Gasteiger partial charge is 0.147 e. The highest BCUT2D eigenvalue weighted by Crippen LogP contribution is 2.25. The Morgan fingerprint density at radius 1 is 0.912 bits per heavy atom. The molecule has 0 aliphatic carbocycles. The number of aryl methyl sites for hydroxylation is 1. The van der Waals surface area contributed by atoms with E-state index < -0.39 is 0 Å². The summed E-state index contributed by atoms with van der Waals surface area (Å²) in [6.07, 6.45) is 22.1. The molecule has 0 spiro atoms. The van der Waals surface area contributed by atoms with Gasteiger partial charge in [0.2, 0.25) is 0 Å². The molecule has 3 N–H and O–H groups in total. The van der Waals surface area contributed by atoms with Crippen LogP contribution in [-0.4, -0.2) is 34.0 Å². The number of aliphatic hydroxyl groups excluding tert-OH is 1. The lowest BCUT2D eigenvalue weighted by atomic mass is 10.0. The molecule has 0 saturated carbocycles. The summed E-state index contributed by atoms with van der Waals surface area (Å²) < 4.78 is 5.96. The predicted molar refractivity (Wildman–Crippen MR) is 142 cm³/mol. The Hall–Kier alpha value is -2.53. The number of aromatic amines is 2. The van der Waals surface area contributed by atoms with Crippen LogP contribution in [0.25, 0.3) is 6.08 Å². The SMILES string of the molecule is CCCOC1=CC(c2ccc[nH]2)=NC1=Cc1ccc(CCCCCCCCCCCCCO)[nH]1. The minimum Gasteiger partial charge on any atom is -0.491 e. The van der Waals surface area contributed by atoms with Crippen LogP contribution in [0.5, 0.6) is 0 Å². The van der Waals surface area contributed by atoms with Crippen molar-refractivity contribution in [3.05, 3.63) is 65.1 Å². The van der Waals surface area contributed by atoms with Crippen LogP contribution in [0.1, 0.15) is 101 Å².